The fraction of sp³-hybridized carbons (Fsp3) is 0.286. The molecule has 0 radical (unpaired) electrons. The number of carbonyl (C=O) groups excluding carboxylic acids is 1. The van der Waals surface area contributed by atoms with Gasteiger partial charge in [-0.25, -0.2) is 0 Å². The number of hydrogen-bond donors (Lipinski definition) is 2. The highest BCUT2D eigenvalue weighted by atomic mass is 32.2. The zero-order valence-electron chi connectivity index (χ0n) is 15.8. The fourth-order valence-electron chi connectivity index (χ4n) is 2.79. The van der Waals surface area contributed by atoms with E-state index in [9.17, 15) is 4.79 Å². The van der Waals surface area contributed by atoms with Crippen LogP contribution in [0.4, 0.5) is 10.8 Å². The number of aryl methyl sites for hydroxylation is 2. The number of thioether (sulfide) groups is 1. The number of aromatic nitrogens is 2. The summed E-state index contributed by atoms with van der Waals surface area (Å²) in [5, 5.41) is 15.4. The Morgan fingerprint density at radius 1 is 1.14 bits per heavy atom. The highest BCUT2D eigenvalue weighted by Gasteiger charge is 2.26. The molecule has 4 rings (SSSR count). The summed E-state index contributed by atoms with van der Waals surface area (Å²) in [6.45, 7) is 4.02. The number of amides is 1. The molecule has 144 valence electrons. The maximum absolute atomic E-state index is 13.2. The molecule has 28 heavy (non-hydrogen) atoms. The summed E-state index contributed by atoms with van der Waals surface area (Å²) >= 11 is 2.94. The van der Waals surface area contributed by atoms with Crippen LogP contribution in [0.3, 0.4) is 0 Å². The second-order valence-corrected chi connectivity index (χ2v) is 9.34. The Balaban J connectivity index is 1.55. The average molecular weight is 411 g/mol. The van der Waals surface area contributed by atoms with Crippen molar-refractivity contribution >= 4 is 39.8 Å². The van der Waals surface area contributed by atoms with Crippen molar-refractivity contribution in [2.75, 3.05) is 10.6 Å². The van der Waals surface area contributed by atoms with Gasteiger partial charge in [-0.2, -0.15) is 0 Å². The molecular weight excluding hydrogens is 388 g/mol. The van der Waals surface area contributed by atoms with E-state index in [1.165, 1.54) is 35.9 Å². The van der Waals surface area contributed by atoms with Crippen molar-refractivity contribution in [2.24, 2.45) is 0 Å². The molecule has 7 heteroatoms. The number of hydrogen-bond acceptors (Lipinski definition) is 6. The smallest absolute Gasteiger partial charge is 0.242 e. The maximum Gasteiger partial charge on any atom is 0.242 e. The van der Waals surface area contributed by atoms with Gasteiger partial charge in [0.2, 0.25) is 11.0 Å². The van der Waals surface area contributed by atoms with Crippen molar-refractivity contribution < 1.29 is 4.79 Å². The maximum atomic E-state index is 13.2. The Morgan fingerprint density at radius 3 is 2.68 bits per heavy atom. The van der Waals surface area contributed by atoms with Crippen LogP contribution in [0.1, 0.15) is 34.8 Å². The van der Waals surface area contributed by atoms with E-state index in [1.54, 1.807) is 0 Å². The third-order valence-electron chi connectivity index (χ3n) is 4.52. The zero-order chi connectivity index (χ0) is 19.5. The Labute approximate surface area is 173 Å². The first kappa shape index (κ1) is 19.0. The van der Waals surface area contributed by atoms with Gasteiger partial charge < -0.3 is 10.6 Å². The van der Waals surface area contributed by atoms with Crippen molar-refractivity contribution in [1.82, 2.24) is 10.2 Å². The van der Waals surface area contributed by atoms with Crippen LogP contribution in [0.15, 0.2) is 52.9 Å². The molecular formula is C21H22N4OS2. The first-order valence-electron chi connectivity index (χ1n) is 9.28. The highest BCUT2D eigenvalue weighted by Crippen LogP contribution is 2.39. The van der Waals surface area contributed by atoms with Crippen LogP contribution in [0.5, 0.6) is 0 Å². The van der Waals surface area contributed by atoms with Crippen LogP contribution in [0.25, 0.3) is 0 Å². The van der Waals surface area contributed by atoms with Gasteiger partial charge in [-0.05, 0) is 49.4 Å². The lowest BCUT2D eigenvalue weighted by Crippen LogP contribution is -2.19. The van der Waals surface area contributed by atoms with E-state index in [4.69, 9.17) is 0 Å². The summed E-state index contributed by atoms with van der Waals surface area (Å²) in [6.07, 6.45) is 2.37. The number of carbonyl (C=O) groups is 1. The quantitative estimate of drug-likeness (QED) is 0.524. The molecule has 1 aromatic heterocycles. The average Bonchev–Trinajstić information content (AvgIpc) is 3.40. The lowest BCUT2D eigenvalue weighted by molar-refractivity contribution is -0.115. The van der Waals surface area contributed by atoms with Crippen LogP contribution in [0, 0.1) is 13.8 Å². The van der Waals surface area contributed by atoms with Gasteiger partial charge >= 0.3 is 0 Å². The van der Waals surface area contributed by atoms with E-state index in [0.29, 0.717) is 6.04 Å². The minimum absolute atomic E-state index is 0.0585. The second kappa shape index (κ2) is 8.32. The summed E-state index contributed by atoms with van der Waals surface area (Å²) in [4.78, 5) is 13.2. The molecule has 1 atom stereocenters. The van der Waals surface area contributed by atoms with Crippen LogP contribution in [-0.2, 0) is 4.79 Å². The van der Waals surface area contributed by atoms with Gasteiger partial charge in [0.05, 0.1) is 0 Å². The van der Waals surface area contributed by atoms with Crippen molar-refractivity contribution in [3.05, 3.63) is 65.2 Å². The molecule has 5 nitrogen and oxygen atoms in total. The molecule has 0 unspecified atom stereocenters. The molecule has 1 amide bonds. The fourth-order valence-corrected chi connectivity index (χ4v) is 4.81. The molecule has 0 aliphatic heterocycles. The number of nitrogens with zero attached hydrogens (tertiary/aromatic N) is 2. The monoisotopic (exact) mass is 410 g/mol. The minimum Gasteiger partial charge on any atom is -0.357 e. The Kier molecular flexibility index (Phi) is 5.64. The molecule has 1 fully saturated rings. The summed E-state index contributed by atoms with van der Waals surface area (Å²) < 4.78 is 0.785. The molecule has 1 saturated carbocycles. The van der Waals surface area contributed by atoms with Crippen molar-refractivity contribution in [3.63, 3.8) is 0 Å². The van der Waals surface area contributed by atoms with Gasteiger partial charge in [0, 0.05) is 11.7 Å². The standard InChI is InChI=1S/C21H22N4OS2/c1-13-8-9-14(2)17(12-13)23-19(26)18(15-6-4-3-5-7-15)27-21-25-24-20(28-21)22-16-10-11-16/h3-9,12,16,18H,10-11H2,1-2H3,(H,22,24)(H,23,26)/t18-/m1/s1. The molecule has 1 heterocycles. The van der Waals surface area contributed by atoms with Gasteiger partial charge in [0.25, 0.3) is 0 Å². The molecule has 2 aromatic carbocycles. The topological polar surface area (TPSA) is 66.9 Å². The predicted molar refractivity (Wildman–Crippen MR) is 116 cm³/mol. The Morgan fingerprint density at radius 2 is 1.93 bits per heavy atom. The summed E-state index contributed by atoms with van der Waals surface area (Å²) in [5.74, 6) is -0.0585. The van der Waals surface area contributed by atoms with E-state index >= 15 is 0 Å². The Bertz CT molecular complexity index is 970. The number of rotatable bonds is 7. The molecule has 0 spiro atoms. The summed E-state index contributed by atoms with van der Waals surface area (Å²) in [7, 11) is 0. The normalized spacial score (nSPS) is 14.5. The van der Waals surface area contributed by atoms with Gasteiger partial charge in [-0.15, -0.1) is 10.2 Å². The largest absolute Gasteiger partial charge is 0.357 e. The molecule has 0 saturated heterocycles. The first-order chi connectivity index (χ1) is 13.6. The molecule has 1 aliphatic carbocycles. The van der Waals surface area contributed by atoms with E-state index in [2.05, 4.69) is 20.8 Å². The minimum atomic E-state index is -0.400. The van der Waals surface area contributed by atoms with Crippen LogP contribution in [-0.4, -0.2) is 22.1 Å². The van der Waals surface area contributed by atoms with Gasteiger partial charge in [0.15, 0.2) is 4.34 Å². The van der Waals surface area contributed by atoms with E-state index in [0.717, 1.165) is 31.8 Å². The highest BCUT2D eigenvalue weighted by molar-refractivity contribution is 8.02. The molecule has 1 aliphatic rings. The zero-order valence-corrected chi connectivity index (χ0v) is 17.4. The van der Waals surface area contributed by atoms with Gasteiger partial charge in [-0.3, -0.25) is 4.79 Å². The third-order valence-corrected chi connectivity index (χ3v) is 6.71. The molecule has 3 aromatic rings. The van der Waals surface area contributed by atoms with Crippen molar-refractivity contribution in [1.29, 1.82) is 0 Å². The van der Waals surface area contributed by atoms with Crippen molar-refractivity contribution in [2.45, 2.75) is 42.3 Å². The van der Waals surface area contributed by atoms with E-state index in [1.807, 2.05) is 62.4 Å². The number of anilines is 2. The first-order valence-corrected chi connectivity index (χ1v) is 11.0. The van der Waals surface area contributed by atoms with E-state index < -0.39 is 5.25 Å². The number of nitrogens with one attached hydrogen (secondary N) is 2. The van der Waals surface area contributed by atoms with Gasteiger partial charge in [-0.1, -0.05) is 65.6 Å². The summed E-state index contributed by atoms with van der Waals surface area (Å²) in [6, 6.07) is 16.4. The third kappa shape index (κ3) is 4.72. The van der Waals surface area contributed by atoms with Crippen LogP contribution in [0.2, 0.25) is 0 Å². The lowest BCUT2D eigenvalue weighted by Gasteiger charge is -2.17. The molecule has 0 bridgehead atoms. The number of benzene rings is 2. The van der Waals surface area contributed by atoms with Crippen LogP contribution >= 0.6 is 23.1 Å². The summed E-state index contributed by atoms with van der Waals surface area (Å²) in [5.41, 5.74) is 3.95. The lowest BCUT2D eigenvalue weighted by atomic mass is 10.1. The van der Waals surface area contributed by atoms with Crippen LogP contribution < -0.4 is 10.6 Å². The predicted octanol–water partition coefficient (Wildman–Crippen LogP) is 5.20. The SMILES string of the molecule is Cc1ccc(C)c(NC(=O)[C@H](Sc2nnc(NC3CC3)s2)c2ccccc2)c1. The van der Waals surface area contributed by atoms with E-state index in [-0.39, 0.29) is 5.91 Å². The van der Waals surface area contributed by atoms with Gasteiger partial charge in [0.1, 0.15) is 5.25 Å². The molecule has 2 N–H and O–H groups in total. The second-order valence-electron chi connectivity index (χ2n) is 7.01. The van der Waals surface area contributed by atoms with Crippen molar-refractivity contribution in [3.8, 4) is 0 Å². The Hall–Kier alpha value is -2.38.